The monoisotopic (exact) mass is 209 g/mol. The Balaban J connectivity index is 2.12. The third-order valence-electron chi connectivity index (χ3n) is 2.47. The van der Waals surface area contributed by atoms with Gasteiger partial charge >= 0.3 is 0 Å². The van der Waals surface area contributed by atoms with Gasteiger partial charge < -0.3 is 5.32 Å². The summed E-state index contributed by atoms with van der Waals surface area (Å²) in [7, 11) is 1.93. The summed E-state index contributed by atoms with van der Waals surface area (Å²) in [5.74, 6) is 0. The summed E-state index contributed by atoms with van der Waals surface area (Å²) >= 11 is 0. The van der Waals surface area contributed by atoms with Crippen molar-refractivity contribution in [2.24, 2.45) is 0 Å². The molecule has 1 heteroatoms. The third kappa shape index (κ3) is 2.74. The summed E-state index contributed by atoms with van der Waals surface area (Å²) in [5, 5.41) is 3.10. The maximum atomic E-state index is 3.10. The zero-order chi connectivity index (χ0) is 11.2. The van der Waals surface area contributed by atoms with Crippen LogP contribution in [0.4, 0.5) is 5.69 Å². The van der Waals surface area contributed by atoms with E-state index in [0.717, 1.165) is 5.69 Å². The van der Waals surface area contributed by atoms with E-state index in [4.69, 9.17) is 0 Å². The second-order valence-electron chi connectivity index (χ2n) is 3.62. The maximum absolute atomic E-state index is 3.10. The van der Waals surface area contributed by atoms with Gasteiger partial charge in [0.25, 0.3) is 0 Å². The van der Waals surface area contributed by atoms with Crippen molar-refractivity contribution in [3.8, 4) is 0 Å². The van der Waals surface area contributed by atoms with Gasteiger partial charge in [-0.1, -0.05) is 54.6 Å². The summed E-state index contributed by atoms with van der Waals surface area (Å²) in [6.07, 6.45) is 4.24. The van der Waals surface area contributed by atoms with Crippen molar-refractivity contribution < 1.29 is 0 Å². The molecule has 0 aliphatic rings. The molecule has 16 heavy (non-hydrogen) atoms. The molecule has 80 valence electrons. The van der Waals surface area contributed by atoms with Crippen LogP contribution in [0, 0.1) is 0 Å². The van der Waals surface area contributed by atoms with E-state index >= 15 is 0 Å². The second kappa shape index (κ2) is 5.17. The Labute approximate surface area is 96.4 Å². The van der Waals surface area contributed by atoms with E-state index in [1.54, 1.807) is 0 Å². The Morgan fingerprint density at radius 1 is 0.750 bits per heavy atom. The average Bonchev–Trinajstić information content (AvgIpc) is 2.38. The lowest BCUT2D eigenvalue weighted by Gasteiger charge is -1.99. The van der Waals surface area contributed by atoms with Crippen molar-refractivity contribution in [2.45, 2.75) is 0 Å². The van der Waals surface area contributed by atoms with E-state index in [-0.39, 0.29) is 0 Å². The van der Waals surface area contributed by atoms with Gasteiger partial charge in [0.15, 0.2) is 0 Å². The number of benzene rings is 2. The van der Waals surface area contributed by atoms with Gasteiger partial charge in [-0.3, -0.25) is 0 Å². The lowest BCUT2D eigenvalue weighted by Crippen LogP contribution is -1.86. The van der Waals surface area contributed by atoms with Crippen molar-refractivity contribution in [2.75, 3.05) is 12.4 Å². The molecule has 0 spiro atoms. The highest BCUT2D eigenvalue weighted by molar-refractivity contribution is 5.70. The smallest absolute Gasteiger partial charge is 0.0337 e. The van der Waals surface area contributed by atoms with Crippen molar-refractivity contribution in [1.82, 2.24) is 0 Å². The molecule has 0 fully saturated rings. The van der Waals surface area contributed by atoms with Crippen LogP contribution in [0.25, 0.3) is 12.2 Å². The molecule has 0 radical (unpaired) electrons. The molecule has 0 heterocycles. The first-order valence-corrected chi connectivity index (χ1v) is 5.39. The predicted molar refractivity (Wildman–Crippen MR) is 71.4 cm³/mol. The molecule has 1 N–H and O–H groups in total. The van der Waals surface area contributed by atoms with E-state index in [2.05, 4.69) is 53.9 Å². The molecule has 0 aliphatic heterocycles. The Morgan fingerprint density at radius 3 is 1.88 bits per heavy atom. The fourth-order valence-corrected chi connectivity index (χ4v) is 1.52. The van der Waals surface area contributed by atoms with E-state index < -0.39 is 0 Å². The first kappa shape index (κ1) is 10.5. The predicted octanol–water partition coefficient (Wildman–Crippen LogP) is 3.90. The topological polar surface area (TPSA) is 12.0 Å². The van der Waals surface area contributed by atoms with E-state index in [0.29, 0.717) is 0 Å². The van der Waals surface area contributed by atoms with Crippen LogP contribution in [0.2, 0.25) is 0 Å². The van der Waals surface area contributed by atoms with Crippen molar-refractivity contribution in [1.29, 1.82) is 0 Å². The zero-order valence-electron chi connectivity index (χ0n) is 9.35. The summed E-state index contributed by atoms with van der Waals surface area (Å²) < 4.78 is 0. The van der Waals surface area contributed by atoms with Gasteiger partial charge in [0, 0.05) is 12.7 Å². The van der Waals surface area contributed by atoms with Crippen LogP contribution in [0.5, 0.6) is 0 Å². The number of hydrogen-bond acceptors (Lipinski definition) is 1. The quantitative estimate of drug-likeness (QED) is 0.756. The summed E-state index contributed by atoms with van der Waals surface area (Å²) in [6.45, 7) is 0. The second-order valence-corrected chi connectivity index (χ2v) is 3.62. The number of nitrogens with one attached hydrogen (secondary N) is 1. The lowest BCUT2D eigenvalue weighted by molar-refractivity contribution is 1.51. The van der Waals surface area contributed by atoms with Gasteiger partial charge in [-0.2, -0.15) is 0 Å². The van der Waals surface area contributed by atoms with E-state index in [9.17, 15) is 0 Å². The first-order valence-electron chi connectivity index (χ1n) is 5.39. The molecule has 2 aromatic rings. The van der Waals surface area contributed by atoms with Gasteiger partial charge in [-0.25, -0.2) is 0 Å². The molecule has 0 aromatic heterocycles. The Morgan fingerprint density at radius 2 is 1.31 bits per heavy atom. The van der Waals surface area contributed by atoms with Crippen molar-refractivity contribution in [3.05, 3.63) is 65.7 Å². The standard InChI is InChI=1S/C15H15N/c1-16-15-11-9-14(10-12-15)8-7-13-5-3-2-4-6-13/h2-12,16H,1H3/b8-7+. The van der Waals surface area contributed by atoms with Crippen LogP contribution in [0.1, 0.15) is 11.1 Å². The number of hydrogen-bond donors (Lipinski definition) is 1. The molecule has 0 saturated heterocycles. The summed E-state index contributed by atoms with van der Waals surface area (Å²) in [5.41, 5.74) is 3.57. The SMILES string of the molecule is CNc1ccc(/C=C/c2ccccc2)cc1. The average molecular weight is 209 g/mol. The summed E-state index contributed by atoms with van der Waals surface area (Å²) in [4.78, 5) is 0. The minimum Gasteiger partial charge on any atom is -0.388 e. The fourth-order valence-electron chi connectivity index (χ4n) is 1.52. The van der Waals surface area contributed by atoms with Crippen molar-refractivity contribution in [3.63, 3.8) is 0 Å². The molecule has 0 amide bonds. The molecule has 2 rings (SSSR count). The van der Waals surface area contributed by atoms with Gasteiger partial charge in [0.2, 0.25) is 0 Å². The molecule has 0 unspecified atom stereocenters. The number of anilines is 1. The van der Waals surface area contributed by atoms with Crippen LogP contribution in [-0.2, 0) is 0 Å². The third-order valence-corrected chi connectivity index (χ3v) is 2.47. The van der Waals surface area contributed by atoms with E-state index in [1.807, 2.05) is 25.2 Å². The Hall–Kier alpha value is -2.02. The van der Waals surface area contributed by atoms with Gasteiger partial charge in [-0.05, 0) is 23.3 Å². The van der Waals surface area contributed by atoms with Crippen LogP contribution in [0.15, 0.2) is 54.6 Å². The van der Waals surface area contributed by atoms with Crippen LogP contribution in [0.3, 0.4) is 0 Å². The van der Waals surface area contributed by atoms with Gasteiger partial charge in [0.1, 0.15) is 0 Å². The Bertz CT molecular complexity index is 455. The number of rotatable bonds is 3. The van der Waals surface area contributed by atoms with Crippen LogP contribution in [-0.4, -0.2) is 7.05 Å². The molecule has 0 saturated carbocycles. The molecule has 0 bridgehead atoms. The molecule has 0 aliphatic carbocycles. The lowest BCUT2D eigenvalue weighted by atomic mass is 10.1. The van der Waals surface area contributed by atoms with Crippen molar-refractivity contribution >= 4 is 17.8 Å². The minimum atomic E-state index is 1.14. The largest absolute Gasteiger partial charge is 0.388 e. The molecular formula is C15H15N. The van der Waals surface area contributed by atoms with E-state index in [1.165, 1.54) is 11.1 Å². The Kier molecular flexibility index (Phi) is 3.39. The fraction of sp³-hybridized carbons (Fsp3) is 0.0667. The maximum Gasteiger partial charge on any atom is 0.0337 e. The highest BCUT2D eigenvalue weighted by Gasteiger charge is 1.88. The molecule has 0 atom stereocenters. The minimum absolute atomic E-state index is 1.14. The highest BCUT2D eigenvalue weighted by Crippen LogP contribution is 2.11. The van der Waals surface area contributed by atoms with Gasteiger partial charge in [0.05, 0.1) is 0 Å². The zero-order valence-corrected chi connectivity index (χ0v) is 9.35. The van der Waals surface area contributed by atoms with Gasteiger partial charge in [-0.15, -0.1) is 0 Å². The molecule has 2 aromatic carbocycles. The summed E-state index contributed by atoms with van der Waals surface area (Å²) in [6, 6.07) is 18.7. The molecular weight excluding hydrogens is 194 g/mol. The van der Waals surface area contributed by atoms with Crippen LogP contribution >= 0.6 is 0 Å². The van der Waals surface area contributed by atoms with Crippen LogP contribution < -0.4 is 5.32 Å². The first-order chi connectivity index (χ1) is 7.88. The molecule has 1 nitrogen and oxygen atoms in total. The highest BCUT2D eigenvalue weighted by atomic mass is 14.8. The normalized spacial score (nSPS) is 10.6.